The van der Waals surface area contributed by atoms with Crippen LogP contribution in [0.15, 0.2) is 52.6 Å². The van der Waals surface area contributed by atoms with Crippen LogP contribution in [0.1, 0.15) is 44.0 Å². The van der Waals surface area contributed by atoms with Crippen molar-refractivity contribution in [2.24, 2.45) is 0 Å². The number of carboxylic acids is 1. The zero-order valence-corrected chi connectivity index (χ0v) is 17.5. The van der Waals surface area contributed by atoms with Crippen molar-refractivity contribution < 1.29 is 18.8 Å². The second-order valence-electron chi connectivity index (χ2n) is 5.58. The molecule has 2 N–H and O–H groups in total. The van der Waals surface area contributed by atoms with E-state index in [9.17, 15) is 14.1 Å². The third-order valence-electron chi connectivity index (χ3n) is 3.63. The van der Waals surface area contributed by atoms with Crippen molar-refractivity contribution in [2.75, 3.05) is 17.6 Å². The van der Waals surface area contributed by atoms with Crippen LogP contribution in [0.3, 0.4) is 0 Å². The molecule has 1 rings (SSSR count). The molecule has 0 aliphatic carbocycles. The lowest BCUT2D eigenvalue weighted by atomic mass is 10.1. The van der Waals surface area contributed by atoms with Crippen molar-refractivity contribution in [3.8, 4) is 5.75 Å². The Balaban J connectivity index is 3.54. The molecule has 0 saturated heterocycles. The average Bonchev–Trinajstić information content (AvgIpc) is 2.65. The van der Waals surface area contributed by atoms with Gasteiger partial charge in [0.2, 0.25) is 0 Å². The van der Waals surface area contributed by atoms with E-state index >= 15 is 0 Å². The van der Waals surface area contributed by atoms with Crippen molar-refractivity contribution in [1.82, 2.24) is 0 Å². The Morgan fingerprint density at radius 2 is 2.11 bits per heavy atom. The van der Waals surface area contributed by atoms with E-state index in [-0.39, 0.29) is 5.56 Å². The van der Waals surface area contributed by atoms with Gasteiger partial charge in [-0.05, 0) is 37.6 Å². The van der Waals surface area contributed by atoms with E-state index in [1.807, 2.05) is 0 Å². The molecule has 27 heavy (non-hydrogen) atoms. The molecule has 7 heteroatoms. The van der Waals surface area contributed by atoms with Crippen LogP contribution in [-0.2, 0) is 10.8 Å². The maximum absolute atomic E-state index is 12.6. The van der Waals surface area contributed by atoms with Crippen LogP contribution in [-0.4, -0.2) is 27.6 Å². The first-order valence-corrected chi connectivity index (χ1v) is 10.5. The smallest absolute Gasteiger partial charge is 0.335 e. The summed E-state index contributed by atoms with van der Waals surface area (Å²) in [5.41, 5.74) is 0.524. The Kier molecular flexibility index (Phi) is 9.89. The van der Waals surface area contributed by atoms with Crippen molar-refractivity contribution >= 4 is 34.1 Å². The molecular weight excluding hydrogens is 386 g/mol. The zero-order chi connectivity index (χ0) is 20.4. The first-order valence-electron chi connectivity index (χ1n) is 8.75. The van der Waals surface area contributed by atoms with Crippen molar-refractivity contribution in [3.05, 3.63) is 53.3 Å². The summed E-state index contributed by atoms with van der Waals surface area (Å²) in [4.78, 5) is 11.8. The maximum Gasteiger partial charge on any atom is 0.335 e. The quantitative estimate of drug-likeness (QED) is 0.293. The van der Waals surface area contributed by atoms with Crippen molar-refractivity contribution in [1.29, 1.82) is 0 Å². The highest BCUT2D eigenvalue weighted by Crippen LogP contribution is 2.36. The lowest BCUT2D eigenvalue weighted by Gasteiger charge is -2.19. The lowest BCUT2D eigenvalue weighted by molar-refractivity contribution is 0.0696. The summed E-state index contributed by atoms with van der Waals surface area (Å²) < 4.78 is 18.6. The molecule has 5 nitrogen and oxygen atoms in total. The van der Waals surface area contributed by atoms with Crippen LogP contribution in [0.25, 0.3) is 0 Å². The Morgan fingerprint density at radius 1 is 1.41 bits per heavy atom. The van der Waals surface area contributed by atoms with E-state index in [1.165, 1.54) is 18.2 Å². The van der Waals surface area contributed by atoms with Gasteiger partial charge in [0.1, 0.15) is 5.76 Å². The molecule has 0 spiro atoms. The molecule has 0 heterocycles. The summed E-state index contributed by atoms with van der Waals surface area (Å²) in [6, 6.07) is 2.88. The van der Waals surface area contributed by atoms with E-state index in [4.69, 9.17) is 16.3 Å². The van der Waals surface area contributed by atoms with Gasteiger partial charge in [-0.25, -0.2) is 4.79 Å². The number of carboxylic acid groups (broad SMARTS) is 1. The van der Waals surface area contributed by atoms with Gasteiger partial charge in [0.05, 0.1) is 32.0 Å². The summed E-state index contributed by atoms with van der Waals surface area (Å²) >= 11 is 6.23. The fourth-order valence-corrected chi connectivity index (χ4v) is 3.39. The minimum absolute atomic E-state index is 0.0490. The fourth-order valence-electron chi connectivity index (χ4n) is 2.23. The minimum atomic E-state index is -1.42. The molecule has 0 aliphatic heterocycles. The summed E-state index contributed by atoms with van der Waals surface area (Å²) in [7, 11) is -1.42. The van der Waals surface area contributed by atoms with Gasteiger partial charge in [-0.15, -0.1) is 0 Å². The Labute approximate surface area is 168 Å². The number of hydrogen-bond donors (Lipinski definition) is 2. The molecule has 0 aliphatic rings. The van der Waals surface area contributed by atoms with Crippen LogP contribution in [0, 0.1) is 0 Å². The number of nitrogens with one attached hydrogen (secondary N) is 1. The van der Waals surface area contributed by atoms with E-state index in [1.54, 1.807) is 26.0 Å². The Hall–Kier alpha value is -2.05. The number of halogens is 1. The van der Waals surface area contributed by atoms with Crippen LogP contribution in [0.5, 0.6) is 5.75 Å². The van der Waals surface area contributed by atoms with E-state index < -0.39 is 16.8 Å². The molecule has 1 aromatic carbocycles. The average molecular weight is 412 g/mol. The van der Waals surface area contributed by atoms with Crippen LogP contribution in [0.4, 0.5) is 5.69 Å². The van der Waals surface area contributed by atoms with Gasteiger partial charge in [0, 0.05) is 12.3 Å². The summed E-state index contributed by atoms with van der Waals surface area (Å²) in [5.74, 6) is -0.0762. The van der Waals surface area contributed by atoms with Gasteiger partial charge in [-0.2, -0.15) is 0 Å². The monoisotopic (exact) mass is 411 g/mol. The first-order chi connectivity index (χ1) is 12.9. The molecule has 0 saturated carbocycles. The highest BCUT2D eigenvalue weighted by atomic mass is 35.5. The number of carbonyl (C=O) groups is 1. The number of benzene rings is 1. The summed E-state index contributed by atoms with van der Waals surface area (Å²) in [6.07, 6.45) is 6.68. The van der Waals surface area contributed by atoms with Gasteiger partial charge < -0.3 is 15.2 Å². The molecule has 1 unspecified atom stereocenters. The van der Waals surface area contributed by atoms with E-state index in [2.05, 4.69) is 18.8 Å². The van der Waals surface area contributed by atoms with Crippen LogP contribution >= 0.6 is 11.6 Å². The van der Waals surface area contributed by atoms with Gasteiger partial charge in [0.25, 0.3) is 0 Å². The topological polar surface area (TPSA) is 75.6 Å². The van der Waals surface area contributed by atoms with Crippen LogP contribution < -0.4 is 10.1 Å². The highest BCUT2D eigenvalue weighted by molar-refractivity contribution is 7.85. The van der Waals surface area contributed by atoms with Gasteiger partial charge in [-0.3, -0.25) is 4.21 Å². The number of rotatable bonds is 11. The number of allylic oxidation sites excluding steroid dienone is 4. The summed E-state index contributed by atoms with van der Waals surface area (Å²) in [6.45, 7) is 9.83. The predicted molar refractivity (Wildman–Crippen MR) is 112 cm³/mol. The largest absolute Gasteiger partial charge is 0.478 e. The zero-order valence-electron chi connectivity index (χ0n) is 15.9. The lowest BCUT2D eigenvalue weighted by Crippen LogP contribution is -2.10. The SMILES string of the molecule is C=C/C=C(Cl)\C(=C/C)Oc1c(NCCCC)cc(C(=O)O)cc1S(=O)CC. The Morgan fingerprint density at radius 3 is 2.63 bits per heavy atom. The standard InChI is InChI=1S/C20H26ClNO4S/c1-5-9-11-22-16-12-14(20(23)24)13-18(27(25)8-4)19(16)26-17(7-3)15(21)10-6-2/h6-7,10,12-13,22H,2,5,8-9,11H2,1,3-4H3,(H,23,24)/b15-10+,17-7+. The molecule has 148 valence electrons. The second kappa shape index (κ2) is 11.6. The second-order valence-corrected chi connectivity index (χ2v) is 7.69. The number of ether oxygens (including phenoxy) is 1. The molecule has 0 radical (unpaired) electrons. The molecule has 0 amide bonds. The molecule has 0 fully saturated rings. The molecule has 1 atom stereocenters. The van der Waals surface area contributed by atoms with Gasteiger partial charge >= 0.3 is 5.97 Å². The third kappa shape index (κ3) is 6.56. The van der Waals surface area contributed by atoms with Crippen molar-refractivity contribution in [2.45, 2.75) is 38.5 Å². The van der Waals surface area contributed by atoms with Crippen molar-refractivity contribution in [3.63, 3.8) is 0 Å². The van der Waals surface area contributed by atoms with E-state index in [0.717, 1.165) is 12.8 Å². The normalized spacial score (nSPS) is 13.2. The Bertz CT molecular complexity index is 771. The fraction of sp³-hybridized carbons (Fsp3) is 0.350. The first kappa shape index (κ1) is 23.0. The number of anilines is 1. The maximum atomic E-state index is 12.6. The number of unbranched alkanes of at least 4 members (excludes halogenated alkanes) is 1. The van der Waals surface area contributed by atoms with Crippen LogP contribution in [0.2, 0.25) is 0 Å². The minimum Gasteiger partial charge on any atom is -0.478 e. The van der Waals surface area contributed by atoms with E-state index in [0.29, 0.717) is 39.4 Å². The third-order valence-corrected chi connectivity index (χ3v) is 5.26. The molecule has 0 bridgehead atoms. The molecule has 1 aromatic rings. The van der Waals surface area contributed by atoms with Gasteiger partial charge in [0.15, 0.2) is 5.75 Å². The predicted octanol–water partition coefficient (Wildman–Crippen LogP) is 5.32. The molecule has 0 aromatic heterocycles. The number of aromatic carboxylic acids is 1. The highest BCUT2D eigenvalue weighted by Gasteiger charge is 2.21. The van der Waals surface area contributed by atoms with Gasteiger partial charge in [-0.1, -0.05) is 44.5 Å². The summed E-state index contributed by atoms with van der Waals surface area (Å²) in [5, 5.41) is 12.9. The molecular formula is C20H26ClNO4S. The number of hydrogen-bond acceptors (Lipinski definition) is 4.